The third-order valence-electron chi connectivity index (χ3n) is 4.17. The fourth-order valence-corrected chi connectivity index (χ4v) is 2.67. The Bertz CT molecular complexity index is 874. The molecule has 0 amide bonds. The lowest BCUT2D eigenvalue weighted by Gasteiger charge is -2.05. The SMILES string of the molecule is COc1ccc(/C(C)=C/C(=O)c2ccc(-c3ccccc3)cc2)cc1. The van der Waals surface area contributed by atoms with E-state index in [-0.39, 0.29) is 5.78 Å². The van der Waals surface area contributed by atoms with Gasteiger partial charge in [0.05, 0.1) is 7.11 Å². The van der Waals surface area contributed by atoms with E-state index < -0.39 is 0 Å². The second-order valence-electron chi connectivity index (χ2n) is 5.86. The average molecular weight is 328 g/mol. The molecule has 0 aliphatic rings. The number of ether oxygens (including phenoxy) is 1. The first kappa shape index (κ1) is 16.7. The van der Waals surface area contributed by atoms with Gasteiger partial charge in [0, 0.05) is 5.56 Å². The van der Waals surface area contributed by atoms with Crippen molar-refractivity contribution < 1.29 is 9.53 Å². The monoisotopic (exact) mass is 328 g/mol. The number of ketones is 1. The maximum Gasteiger partial charge on any atom is 0.186 e. The van der Waals surface area contributed by atoms with E-state index >= 15 is 0 Å². The van der Waals surface area contributed by atoms with Gasteiger partial charge in [-0.15, -0.1) is 0 Å². The molecule has 0 saturated heterocycles. The summed E-state index contributed by atoms with van der Waals surface area (Å²) >= 11 is 0. The van der Waals surface area contributed by atoms with Crippen molar-refractivity contribution in [3.05, 3.63) is 96.1 Å². The zero-order valence-electron chi connectivity index (χ0n) is 14.4. The largest absolute Gasteiger partial charge is 0.497 e. The summed E-state index contributed by atoms with van der Waals surface area (Å²) in [6.45, 7) is 1.94. The van der Waals surface area contributed by atoms with Crippen molar-refractivity contribution >= 4 is 11.4 Å². The molecule has 3 rings (SSSR count). The molecule has 0 atom stereocenters. The molecule has 0 saturated carbocycles. The number of methoxy groups -OCH3 is 1. The molecule has 0 N–H and O–H groups in total. The van der Waals surface area contributed by atoms with E-state index in [1.807, 2.05) is 73.7 Å². The minimum Gasteiger partial charge on any atom is -0.497 e. The summed E-state index contributed by atoms with van der Waals surface area (Å²) in [7, 11) is 1.64. The Labute approximate surface area is 148 Å². The molecule has 0 fully saturated rings. The molecule has 124 valence electrons. The minimum atomic E-state index is 0.00734. The molecule has 0 aromatic heterocycles. The Hall–Kier alpha value is -3.13. The second kappa shape index (κ2) is 7.63. The topological polar surface area (TPSA) is 26.3 Å². The van der Waals surface area contributed by atoms with Crippen molar-refractivity contribution in [2.75, 3.05) is 7.11 Å². The molecule has 0 unspecified atom stereocenters. The van der Waals surface area contributed by atoms with E-state index in [0.29, 0.717) is 5.56 Å². The number of carbonyl (C=O) groups is 1. The van der Waals surface area contributed by atoms with Gasteiger partial charge in [-0.3, -0.25) is 4.79 Å². The Balaban J connectivity index is 1.78. The van der Waals surface area contributed by atoms with Crippen molar-refractivity contribution in [1.29, 1.82) is 0 Å². The van der Waals surface area contributed by atoms with Crippen LogP contribution < -0.4 is 4.74 Å². The fraction of sp³-hybridized carbons (Fsp3) is 0.0870. The van der Waals surface area contributed by atoms with Crippen molar-refractivity contribution in [1.82, 2.24) is 0 Å². The standard InChI is InChI=1S/C23H20O2/c1-17(18-12-14-22(25-2)15-13-18)16-23(24)21-10-8-20(9-11-21)19-6-4-3-5-7-19/h3-16H,1-2H3/b17-16+. The lowest BCUT2D eigenvalue weighted by atomic mass is 10.0. The summed E-state index contributed by atoms with van der Waals surface area (Å²) in [6, 6.07) is 25.6. The quantitative estimate of drug-likeness (QED) is 0.447. The smallest absolute Gasteiger partial charge is 0.186 e. The van der Waals surface area contributed by atoms with Crippen molar-refractivity contribution in [2.45, 2.75) is 6.92 Å². The normalized spacial score (nSPS) is 11.2. The van der Waals surface area contributed by atoms with Gasteiger partial charge in [-0.1, -0.05) is 66.7 Å². The van der Waals surface area contributed by atoms with E-state index in [1.165, 1.54) is 0 Å². The zero-order chi connectivity index (χ0) is 17.6. The van der Waals surface area contributed by atoms with Gasteiger partial charge >= 0.3 is 0 Å². The highest BCUT2D eigenvalue weighted by Crippen LogP contribution is 2.21. The van der Waals surface area contributed by atoms with E-state index in [0.717, 1.165) is 28.0 Å². The molecule has 0 heterocycles. The van der Waals surface area contributed by atoms with Crippen LogP contribution in [0.5, 0.6) is 5.75 Å². The lowest BCUT2D eigenvalue weighted by molar-refractivity contribution is 0.104. The maximum absolute atomic E-state index is 12.5. The molecule has 3 aromatic carbocycles. The van der Waals surface area contributed by atoms with Gasteiger partial charge in [-0.05, 0) is 47.4 Å². The molecule has 3 aromatic rings. The van der Waals surface area contributed by atoms with Crippen LogP contribution in [0.3, 0.4) is 0 Å². The fourth-order valence-electron chi connectivity index (χ4n) is 2.67. The highest BCUT2D eigenvalue weighted by molar-refractivity contribution is 6.08. The lowest BCUT2D eigenvalue weighted by Crippen LogP contribution is -1.95. The highest BCUT2D eigenvalue weighted by atomic mass is 16.5. The summed E-state index contributed by atoms with van der Waals surface area (Å²) in [5.74, 6) is 0.812. The van der Waals surface area contributed by atoms with E-state index in [4.69, 9.17) is 4.74 Å². The zero-order valence-corrected chi connectivity index (χ0v) is 14.4. The number of carbonyl (C=O) groups excluding carboxylic acids is 1. The summed E-state index contributed by atoms with van der Waals surface area (Å²) in [5, 5.41) is 0. The predicted octanol–water partition coefficient (Wildman–Crippen LogP) is 5.65. The Morgan fingerprint density at radius 2 is 1.32 bits per heavy atom. The van der Waals surface area contributed by atoms with Crippen LogP contribution >= 0.6 is 0 Å². The number of rotatable bonds is 5. The van der Waals surface area contributed by atoms with Crippen LogP contribution in [-0.2, 0) is 0 Å². The molecule has 2 nitrogen and oxygen atoms in total. The second-order valence-corrected chi connectivity index (χ2v) is 5.86. The third-order valence-corrected chi connectivity index (χ3v) is 4.17. The third kappa shape index (κ3) is 4.04. The van der Waals surface area contributed by atoms with Crippen LogP contribution in [0, 0.1) is 0 Å². The summed E-state index contributed by atoms with van der Waals surface area (Å²) < 4.78 is 5.16. The van der Waals surface area contributed by atoms with Crippen molar-refractivity contribution in [3.8, 4) is 16.9 Å². The predicted molar refractivity (Wildman–Crippen MR) is 103 cm³/mol. The van der Waals surface area contributed by atoms with Gasteiger partial charge in [0.2, 0.25) is 0 Å². The summed E-state index contributed by atoms with van der Waals surface area (Å²) in [4.78, 5) is 12.5. The molecule has 25 heavy (non-hydrogen) atoms. The van der Waals surface area contributed by atoms with E-state index in [2.05, 4.69) is 12.1 Å². The van der Waals surface area contributed by atoms with Gasteiger partial charge in [-0.2, -0.15) is 0 Å². The van der Waals surface area contributed by atoms with Crippen LogP contribution in [0.25, 0.3) is 16.7 Å². The maximum atomic E-state index is 12.5. The Kier molecular flexibility index (Phi) is 5.10. The van der Waals surface area contributed by atoms with E-state index in [9.17, 15) is 4.79 Å². The van der Waals surface area contributed by atoms with Crippen molar-refractivity contribution in [2.24, 2.45) is 0 Å². The number of hydrogen-bond donors (Lipinski definition) is 0. The molecule has 2 heteroatoms. The first-order valence-electron chi connectivity index (χ1n) is 8.20. The van der Waals surface area contributed by atoms with E-state index in [1.54, 1.807) is 13.2 Å². The van der Waals surface area contributed by atoms with Crippen molar-refractivity contribution in [3.63, 3.8) is 0 Å². The molecule has 0 aliphatic heterocycles. The average Bonchev–Trinajstić information content (AvgIpc) is 2.68. The van der Waals surface area contributed by atoms with Crippen LogP contribution in [0.15, 0.2) is 84.9 Å². The molecule has 0 radical (unpaired) electrons. The molecular weight excluding hydrogens is 308 g/mol. The summed E-state index contributed by atoms with van der Waals surface area (Å²) in [5.41, 5.74) is 4.88. The van der Waals surface area contributed by atoms with Crippen LogP contribution in [0.4, 0.5) is 0 Å². The van der Waals surface area contributed by atoms with Crippen LogP contribution in [0.2, 0.25) is 0 Å². The van der Waals surface area contributed by atoms with Gasteiger partial charge in [0.15, 0.2) is 5.78 Å². The molecule has 0 aliphatic carbocycles. The number of hydrogen-bond acceptors (Lipinski definition) is 2. The van der Waals surface area contributed by atoms with Crippen LogP contribution in [-0.4, -0.2) is 12.9 Å². The number of allylic oxidation sites excluding steroid dienone is 2. The van der Waals surface area contributed by atoms with Gasteiger partial charge in [-0.25, -0.2) is 0 Å². The van der Waals surface area contributed by atoms with Gasteiger partial charge < -0.3 is 4.74 Å². The Morgan fingerprint density at radius 1 is 0.760 bits per heavy atom. The molecule has 0 bridgehead atoms. The Morgan fingerprint density at radius 3 is 1.92 bits per heavy atom. The molecular formula is C23H20O2. The summed E-state index contributed by atoms with van der Waals surface area (Å²) in [6.07, 6.45) is 1.68. The van der Waals surface area contributed by atoms with Gasteiger partial charge in [0.1, 0.15) is 5.75 Å². The van der Waals surface area contributed by atoms with Gasteiger partial charge in [0.25, 0.3) is 0 Å². The first-order chi connectivity index (χ1) is 12.2. The first-order valence-corrected chi connectivity index (χ1v) is 8.20. The van der Waals surface area contributed by atoms with Crippen LogP contribution in [0.1, 0.15) is 22.8 Å². The molecule has 0 spiro atoms. The highest BCUT2D eigenvalue weighted by Gasteiger charge is 2.05. The minimum absolute atomic E-state index is 0.00734. The number of benzene rings is 3.